The van der Waals surface area contributed by atoms with Crippen molar-refractivity contribution in [3.8, 4) is 5.75 Å². The molecule has 0 amide bonds. The lowest BCUT2D eigenvalue weighted by molar-refractivity contribution is 0.188. The maximum atomic E-state index is 13.8. The quantitative estimate of drug-likeness (QED) is 0.374. The molecule has 2 fully saturated rings. The normalized spacial score (nSPS) is 20.1. The first-order valence-corrected chi connectivity index (χ1v) is 18.2. The third-order valence-corrected chi connectivity index (χ3v) is 12.0. The van der Waals surface area contributed by atoms with Crippen molar-refractivity contribution in [2.75, 3.05) is 52.4 Å². The molecule has 2 aromatic carbocycles. The summed E-state index contributed by atoms with van der Waals surface area (Å²) in [4.78, 5) is 2.85. The summed E-state index contributed by atoms with van der Waals surface area (Å²) in [6.45, 7) is 11.8. The fraction of sp³-hybridized carbons (Fsp3) is 0.562. The summed E-state index contributed by atoms with van der Waals surface area (Å²) in [5.74, 6) is 1.26. The van der Waals surface area contributed by atoms with Gasteiger partial charge in [-0.05, 0) is 101 Å². The lowest BCUT2D eigenvalue weighted by atomic mass is 9.89. The van der Waals surface area contributed by atoms with Crippen LogP contribution < -0.4 is 4.74 Å². The van der Waals surface area contributed by atoms with E-state index in [1.807, 2.05) is 13.8 Å². The zero-order valence-corrected chi connectivity index (χ0v) is 26.8. The molecular weight excluding hydrogens is 571 g/mol. The zero-order valence-electron chi connectivity index (χ0n) is 25.2. The smallest absolute Gasteiger partial charge is 0.243 e. The molecule has 1 heterocycles. The Labute approximate surface area is 253 Å². The molecular formula is C32H47N3O5S2. The van der Waals surface area contributed by atoms with Crippen LogP contribution in [0.1, 0.15) is 57.4 Å². The van der Waals surface area contributed by atoms with Gasteiger partial charge in [0.15, 0.2) is 0 Å². The maximum absolute atomic E-state index is 13.8. The van der Waals surface area contributed by atoms with Crippen LogP contribution in [0.15, 0.2) is 70.5 Å². The number of rotatable bonds is 8. The molecule has 10 heteroatoms. The fourth-order valence-corrected chi connectivity index (χ4v) is 8.97. The van der Waals surface area contributed by atoms with Gasteiger partial charge < -0.3 is 9.64 Å². The molecule has 4 rings (SSSR count). The molecule has 42 heavy (non-hydrogen) atoms. The summed E-state index contributed by atoms with van der Waals surface area (Å²) in [5.41, 5.74) is 1.53. The van der Waals surface area contributed by atoms with E-state index in [-0.39, 0.29) is 22.9 Å². The highest BCUT2D eigenvalue weighted by atomic mass is 32.2. The Bertz CT molecular complexity index is 1370. The largest absolute Gasteiger partial charge is 0.494 e. The fourth-order valence-electron chi connectivity index (χ4n) is 5.97. The van der Waals surface area contributed by atoms with Crippen LogP contribution in [0.3, 0.4) is 0 Å². The van der Waals surface area contributed by atoms with Gasteiger partial charge in [0.05, 0.1) is 16.4 Å². The third-order valence-electron chi connectivity index (χ3n) is 8.24. The number of benzene rings is 2. The summed E-state index contributed by atoms with van der Waals surface area (Å²) in [6.07, 6.45) is 7.67. The van der Waals surface area contributed by atoms with Crippen LogP contribution in [0.4, 0.5) is 0 Å². The van der Waals surface area contributed by atoms with Crippen LogP contribution in [-0.4, -0.2) is 82.8 Å². The molecule has 2 aliphatic rings. The molecule has 0 N–H and O–H groups in total. The van der Waals surface area contributed by atoms with Crippen LogP contribution in [0.5, 0.6) is 5.75 Å². The molecule has 0 unspecified atom stereocenters. The number of hydrogen-bond donors (Lipinski definition) is 0. The van der Waals surface area contributed by atoms with E-state index in [0.717, 1.165) is 25.2 Å². The zero-order chi connectivity index (χ0) is 30.2. The van der Waals surface area contributed by atoms with Crippen LogP contribution >= 0.6 is 0 Å². The van der Waals surface area contributed by atoms with Gasteiger partial charge in [0, 0.05) is 32.7 Å². The van der Waals surface area contributed by atoms with E-state index in [1.54, 1.807) is 48.5 Å². The van der Waals surface area contributed by atoms with Gasteiger partial charge >= 0.3 is 0 Å². The molecule has 0 spiro atoms. The monoisotopic (exact) mass is 617 g/mol. The van der Waals surface area contributed by atoms with E-state index in [0.29, 0.717) is 49.8 Å². The van der Waals surface area contributed by atoms with E-state index >= 15 is 0 Å². The highest BCUT2D eigenvalue weighted by molar-refractivity contribution is 7.89. The predicted molar refractivity (Wildman–Crippen MR) is 168 cm³/mol. The van der Waals surface area contributed by atoms with Gasteiger partial charge in [0.25, 0.3) is 0 Å². The van der Waals surface area contributed by atoms with Crippen molar-refractivity contribution in [2.24, 2.45) is 5.92 Å². The molecule has 1 saturated carbocycles. The number of aryl methyl sites for hydroxylation is 1. The van der Waals surface area contributed by atoms with Crippen molar-refractivity contribution in [3.63, 3.8) is 0 Å². The lowest BCUT2D eigenvalue weighted by Gasteiger charge is -2.33. The van der Waals surface area contributed by atoms with Crippen LogP contribution in [0.25, 0.3) is 0 Å². The molecule has 0 aromatic heterocycles. The Morgan fingerprint density at radius 3 is 1.74 bits per heavy atom. The van der Waals surface area contributed by atoms with Crippen molar-refractivity contribution in [3.05, 3.63) is 66.2 Å². The van der Waals surface area contributed by atoms with Crippen molar-refractivity contribution in [1.82, 2.24) is 13.5 Å². The van der Waals surface area contributed by atoms with E-state index in [4.69, 9.17) is 4.74 Å². The lowest BCUT2D eigenvalue weighted by Crippen LogP contribution is -2.42. The van der Waals surface area contributed by atoms with Crippen molar-refractivity contribution >= 4 is 20.0 Å². The molecule has 1 saturated heterocycles. The Hall–Kier alpha value is -2.24. The van der Waals surface area contributed by atoms with Crippen molar-refractivity contribution in [1.29, 1.82) is 0 Å². The van der Waals surface area contributed by atoms with Gasteiger partial charge in [0.2, 0.25) is 20.0 Å². The van der Waals surface area contributed by atoms with Gasteiger partial charge in [-0.1, -0.05) is 43.5 Å². The van der Waals surface area contributed by atoms with E-state index in [2.05, 4.69) is 11.5 Å². The van der Waals surface area contributed by atoms with Gasteiger partial charge in [-0.2, -0.15) is 8.61 Å². The van der Waals surface area contributed by atoms with Gasteiger partial charge in [-0.25, -0.2) is 16.8 Å². The second-order valence-electron chi connectivity index (χ2n) is 11.7. The standard InChI is InChI=1S/C32H47N3O5S2/c1-4-40-30-14-18-32(19-15-30)42(38,39)35-23-9-21-33(26-29-10-6-5-7-11-29)20-8-22-34(24-28(3)25-35)41(36,37)31-16-12-27(2)13-17-31/h12-19,29H,3-11,20-26H2,1-2H3. The summed E-state index contributed by atoms with van der Waals surface area (Å²) in [5, 5.41) is 0. The first kappa shape index (κ1) is 32.7. The van der Waals surface area contributed by atoms with Crippen LogP contribution in [-0.2, 0) is 20.0 Å². The molecule has 0 atom stereocenters. The number of sulfonamides is 2. The Morgan fingerprint density at radius 2 is 1.24 bits per heavy atom. The number of hydrogen-bond acceptors (Lipinski definition) is 6. The molecule has 2 aromatic rings. The summed E-state index contributed by atoms with van der Waals surface area (Å²) in [6, 6.07) is 13.4. The van der Waals surface area contributed by atoms with Crippen LogP contribution in [0, 0.1) is 12.8 Å². The first-order chi connectivity index (χ1) is 20.1. The minimum absolute atomic E-state index is 0.0537. The van der Waals surface area contributed by atoms with Gasteiger partial charge in [0.1, 0.15) is 5.75 Å². The SMILES string of the molecule is C=C1CN(S(=O)(=O)c2ccc(C)cc2)CCCN(CC2CCCCC2)CCCN(S(=O)(=O)c2ccc(OCC)cc2)C1. The Balaban J connectivity index is 1.60. The van der Waals surface area contributed by atoms with Gasteiger partial charge in [-0.3, -0.25) is 0 Å². The van der Waals surface area contributed by atoms with E-state index in [1.165, 1.54) is 40.7 Å². The maximum Gasteiger partial charge on any atom is 0.243 e. The average molecular weight is 618 g/mol. The summed E-state index contributed by atoms with van der Waals surface area (Å²) in [7, 11) is -7.63. The molecule has 1 aliphatic carbocycles. The third kappa shape index (κ3) is 8.66. The second kappa shape index (κ2) is 15.0. The molecule has 0 bridgehead atoms. The minimum Gasteiger partial charge on any atom is -0.494 e. The topological polar surface area (TPSA) is 87.2 Å². The molecule has 232 valence electrons. The van der Waals surface area contributed by atoms with E-state index < -0.39 is 20.0 Å². The molecule has 1 aliphatic heterocycles. The molecule has 8 nitrogen and oxygen atoms in total. The van der Waals surface area contributed by atoms with E-state index in [9.17, 15) is 16.8 Å². The van der Waals surface area contributed by atoms with Gasteiger partial charge in [-0.15, -0.1) is 0 Å². The second-order valence-corrected chi connectivity index (χ2v) is 15.5. The van der Waals surface area contributed by atoms with Crippen LogP contribution in [0.2, 0.25) is 0 Å². The average Bonchev–Trinajstić information content (AvgIpc) is 2.96. The van der Waals surface area contributed by atoms with Crippen molar-refractivity contribution < 1.29 is 21.6 Å². The Kier molecular flexibility index (Phi) is 11.6. The first-order valence-electron chi connectivity index (χ1n) is 15.3. The highest BCUT2D eigenvalue weighted by Crippen LogP contribution is 2.26. The summed E-state index contributed by atoms with van der Waals surface area (Å²) < 4.78 is 63.7. The highest BCUT2D eigenvalue weighted by Gasteiger charge is 2.30. The number of nitrogens with zero attached hydrogens (tertiary/aromatic N) is 3. The minimum atomic E-state index is -3.84. The predicted octanol–water partition coefficient (Wildman–Crippen LogP) is 5.31. The number of ether oxygens (including phenoxy) is 1. The van der Waals surface area contributed by atoms with Crippen molar-refractivity contribution in [2.45, 2.75) is 68.6 Å². The molecule has 0 radical (unpaired) electrons. The summed E-state index contributed by atoms with van der Waals surface area (Å²) >= 11 is 0. The Morgan fingerprint density at radius 1 is 0.738 bits per heavy atom.